The number of nitrogens with zero attached hydrogens (tertiary/aromatic N) is 1. The third-order valence-electron chi connectivity index (χ3n) is 4.43. The average Bonchev–Trinajstić information content (AvgIpc) is 2.64. The Balaban J connectivity index is 1.85. The number of benzene rings is 2. The molecule has 1 N–H and O–H groups in total. The zero-order valence-electron chi connectivity index (χ0n) is 14.5. The molecule has 0 radical (unpaired) electrons. The summed E-state index contributed by atoms with van der Waals surface area (Å²) in [7, 11) is -3.78. The van der Waals surface area contributed by atoms with Gasteiger partial charge in [0.1, 0.15) is 0 Å². The summed E-state index contributed by atoms with van der Waals surface area (Å²) in [4.78, 5) is 14.6. The van der Waals surface area contributed by atoms with Crippen molar-refractivity contribution in [2.45, 2.75) is 31.1 Å². The van der Waals surface area contributed by atoms with E-state index in [1.54, 1.807) is 29.2 Å². The van der Waals surface area contributed by atoms with Crippen LogP contribution in [0.4, 0.5) is 5.69 Å². The number of piperidine rings is 1. The third-order valence-corrected chi connectivity index (χ3v) is 6.14. The summed E-state index contributed by atoms with van der Waals surface area (Å²) in [5, 5.41) is 0.246. The van der Waals surface area contributed by atoms with Gasteiger partial charge in [-0.15, -0.1) is 0 Å². The lowest BCUT2D eigenvalue weighted by atomic mass is 10.1. The largest absolute Gasteiger partial charge is 0.339 e. The number of sulfonamides is 1. The van der Waals surface area contributed by atoms with Gasteiger partial charge in [0.25, 0.3) is 15.9 Å². The van der Waals surface area contributed by atoms with Crippen molar-refractivity contribution < 1.29 is 13.2 Å². The number of nitrogens with one attached hydrogen (secondary N) is 1. The molecule has 5 nitrogen and oxygen atoms in total. The topological polar surface area (TPSA) is 66.5 Å². The molecule has 0 aliphatic carbocycles. The second-order valence-corrected chi connectivity index (χ2v) is 8.56. The summed E-state index contributed by atoms with van der Waals surface area (Å²) < 4.78 is 27.7. The molecule has 0 unspecified atom stereocenters. The lowest BCUT2D eigenvalue weighted by Gasteiger charge is -2.27. The molecule has 1 amide bonds. The monoisotopic (exact) mass is 392 g/mol. The van der Waals surface area contributed by atoms with E-state index in [-0.39, 0.29) is 21.5 Å². The molecule has 2 aromatic rings. The van der Waals surface area contributed by atoms with Gasteiger partial charge in [0.05, 0.1) is 15.6 Å². The van der Waals surface area contributed by atoms with E-state index >= 15 is 0 Å². The number of aryl methyl sites for hydroxylation is 1. The zero-order valence-corrected chi connectivity index (χ0v) is 16.1. The molecule has 0 aromatic heterocycles. The number of rotatable bonds is 4. The molecule has 0 atom stereocenters. The smallest absolute Gasteiger partial charge is 0.261 e. The number of carbonyl (C=O) groups is 1. The number of amides is 1. The molecule has 2 aromatic carbocycles. The summed E-state index contributed by atoms with van der Waals surface area (Å²) in [5.41, 5.74) is 1.60. The first-order valence-electron chi connectivity index (χ1n) is 8.55. The Morgan fingerprint density at radius 3 is 2.35 bits per heavy atom. The highest BCUT2D eigenvalue weighted by atomic mass is 35.5. The summed E-state index contributed by atoms with van der Waals surface area (Å²) in [6, 6.07) is 11.2. The molecule has 1 aliphatic rings. The van der Waals surface area contributed by atoms with E-state index in [0.717, 1.165) is 37.9 Å². The van der Waals surface area contributed by atoms with Crippen molar-refractivity contribution in [1.82, 2.24) is 4.90 Å². The van der Waals surface area contributed by atoms with Gasteiger partial charge in [-0.05, 0) is 56.5 Å². The van der Waals surface area contributed by atoms with Crippen LogP contribution >= 0.6 is 11.6 Å². The Morgan fingerprint density at radius 1 is 1.04 bits per heavy atom. The van der Waals surface area contributed by atoms with Crippen molar-refractivity contribution in [3.05, 3.63) is 58.6 Å². The third kappa shape index (κ3) is 4.19. The summed E-state index contributed by atoms with van der Waals surface area (Å²) in [6.45, 7) is 3.34. The van der Waals surface area contributed by atoms with E-state index < -0.39 is 10.0 Å². The molecule has 138 valence electrons. The predicted molar refractivity (Wildman–Crippen MR) is 103 cm³/mol. The van der Waals surface area contributed by atoms with Gasteiger partial charge in [-0.1, -0.05) is 29.3 Å². The maximum atomic E-state index is 12.6. The number of anilines is 1. The van der Waals surface area contributed by atoms with Crippen LogP contribution < -0.4 is 4.72 Å². The molecule has 7 heteroatoms. The van der Waals surface area contributed by atoms with E-state index in [1.807, 2.05) is 6.92 Å². The van der Waals surface area contributed by atoms with Gasteiger partial charge in [0, 0.05) is 18.7 Å². The maximum absolute atomic E-state index is 12.6. The number of likely N-dealkylation sites (tertiary alicyclic amines) is 1. The average molecular weight is 393 g/mol. The highest BCUT2D eigenvalue weighted by Crippen LogP contribution is 2.27. The van der Waals surface area contributed by atoms with E-state index in [9.17, 15) is 13.2 Å². The van der Waals surface area contributed by atoms with Crippen LogP contribution in [0.1, 0.15) is 35.2 Å². The van der Waals surface area contributed by atoms with Crippen molar-refractivity contribution in [3.63, 3.8) is 0 Å². The normalized spacial score (nSPS) is 14.9. The molecule has 0 bridgehead atoms. The van der Waals surface area contributed by atoms with Gasteiger partial charge in [0.15, 0.2) is 0 Å². The van der Waals surface area contributed by atoms with Crippen LogP contribution in [0.2, 0.25) is 5.02 Å². The molecule has 0 saturated carbocycles. The molecule has 1 heterocycles. The fourth-order valence-corrected chi connectivity index (χ4v) is 4.23. The zero-order chi connectivity index (χ0) is 18.7. The minimum atomic E-state index is -3.78. The highest BCUT2D eigenvalue weighted by molar-refractivity contribution is 7.92. The van der Waals surface area contributed by atoms with Crippen molar-refractivity contribution in [2.24, 2.45) is 0 Å². The lowest BCUT2D eigenvalue weighted by molar-refractivity contribution is 0.0724. The number of carbonyl (C=O) groups excluding carboxylic acids is 1. The standard InChI is InChI=1S/C19H21ClN2O3S/c1-14-5-8-16(9-6-14)26(24,25)21-18-13-15(7-10-17(18)20)19(23)22-11-3-2-4-12-22/h5-10,13,21H,2-4,11-12H2,1H3. The van der Waals surface area contributed by atoms with Gasteiger partial charge >= 0.3 is 0 Å². The van der Waals surface area contributed by atoms with Gasteiger partial charge in [-0.3, -0.25) is 9.52 Å². The summed E-state index contributed by atoms with van der Waals surface area (Å²) >= 11 is 6.15. The second-order valence-electron chi connectivity index (χ2n) is 6.47. The Labute approximate surface area is 159 Å². The molecular weight excluding hydrogens is 372 g/mol. The van der Waals surface area contributed by atoms with E-state index in [4.69, 9.17) is 11.6 Å². The molecule has 26 heavy (non-hydrogen) atoms. The van der Waals surface area contributed by atoms with Crippen molar-refractivity contribution in [2.75, 3.05) is 17.8 Å². The first kappa shape index (κ1) is 18.7. The Morgan fingerprint density at radius 2 is 1.69 bits per heavy atom. The number of halogens is 1. The van der Waals surface area contributed by atoms with Crippen LogP contribution in [-0.2, 0) is 10.0 Å². The van der Waals surface area contributed by atoms with E-state index in [1.165, 1.54) is 18.2 Å². The van der Waals surface area contributed by atoms with Crippen LogP contribution in [0.25, 0.3) is 0 Å². The van der Waals surface area contributed by atoms with Gasteiger partial charge < -0.3 is 4.90 Å². The summed E-state index contributed by atoms with van der Waals surface area (Å²) in [5.74, 6) is -0.0999. The van der Waals surface area contributed by atoms with Gasteiger partial charge in [0.2, 0.25) is 0 Å². The van der Waals surface area contributed by atoms with Crippen molar-refractivity contribution in [3.8, 4) is 0 Å². The second kappa shape index (κ2) is 7.68. The number of hydrogen-bond donors (Lipinski definition) is 1. The fraction of sp³-hybridized carbons (Fsp3) is 0.316. The molecule has 3 rings (SSSR count). The predicted octanol–water partition coefficient (Wildman–Crippen LogP) is 4.08. The van der Waals surface area contributed by atoms with Crippen LogP contribution in [0.3, 0.4) is 0 Å². The molecule has 1 saturated heterocycles. The van der Waals surface area contributed by atoms with Gasteiger partial charge in [-0.25, -0.2) is 8.42 Å². The first-order valence-corrected chi connectivity index (χ1v) is 10.4. The minimum absolute atomic E-state index is 0.0999. The van der Waals surface area contributed by atoms with E-state index in [0.29, 0.717) is 5.56 Å². The van der Waals surface area contributed by atoms with E-state index in [2.05, 4.69) is 4.72 Å². The number of hydrogen-bond acceptors (Lipinski definition) is 3. The maximum Gasteiger partial charge on any atom is 0.261 e. The quantitative estimate of drug-likeness (QED) is 0.852. The SMILES string of the molecule is Cc1ccc(S(=O)(=O)Nc2cc(C(=O)N3CCCCC3)ccc2Cl)cc1. The summed E-state index contributed by atoms with van der Waals surface area (Å²) in [6.07, 6.45) is 3.12. The minimum Gasteiger partial charge on any atom is -0.339 e. The Hall–Kier alpha value is -2.05. The van der Waals surface area contributed by atoms with Crippen molar-refractivity contribution in [1.29, 1.82) is 0 Å². The van der Waals surface area contributed by atoms with Crippen LogP contribution in [-0.4, -0.2) is 32.3 Å². The van der Waals surface area contributed by atoms with Crippen molar-refractivity contribution >= 4 is 33.2 Å². The Bertz CT molecular complexity index is 905. The fourth-order valence-electron chi connectivity index (χ4n) is 2.94. The van der Waals surface area contributed by atoms with Crippen LogP contribution in [0.15, 0.2) is 47.4 Å². The Kier molecular flexibility index (Phi) is 5.53. The highest BCUT2D eigenvalue weighted by Gasteiger charge is 2.21. The lowest BCUT2D eigenvalue weighted by Crippen LogP contribution is -2.35. The first-order chi connectivity index (χ1) is 12.4. The van der Waals surface area contributed by atoms with Crippen LogP contribution in [0.5, 0.6) is 0 Å². The van der Waals surface area contributed by atoms with Gasteiger partial charge in [-0.2, -0.15) is 0 Å². The molecular formula is C19H21ClN2O3S. The molecule has 0 spiro atoms. The molecule has 1 fully saturated rings. The van der Waals surface area contributed by atoms with Crippen LogP contribution in [0, 0.1) is 6.92 Å². The molecule has 1 aliphatic heterocycles.